The van der Waals surface area contributed by atoms with Crippen molar-refractivity contribution in [3.05, 3.63) is 0 Å². The third kappa shape index (κ3) is 4.94. The van der Waals surface area contributed by atoms with Gasteiger partial charge in [-0.3, -0.25) is 9.69 Å². The number of carbonyl (C=O) groups is 1. The van der Waals surface area contributed by atoms with Crippen molar-refractivity contribution in [1.29, 1.82) is 0 Å². The Bertz CT molecular complexity index is 327. The molecule has 1 N–H and O–H groups in total. The van der Waals surface area contributed by atoms with Gasteiger partial charge in [0.15, 0.2) is 0 Å². The molecular formula is C16H31N3O2. The van der Waals surface area contributed by atoms with E-state index in [2.05, 4.69) is 29.0 Å². The number of carbonyl (C=O) groups excluding carboxylic acids is 1. The molecule has 2 rings (SSSR count). The summed E-state index contributed by atoms with van der Waals surface area (Å²) in [5.41, 5.74) is 0. The number of morpholine rings is 1. The molecule has 2 aliphatic heterocycles. The topological polar surface area (TPSA) is 44.8 Å². The van der Waals surface area contributed by atoms with Gasteiger partial charge in [-0.15, -0.1) is 0 Å². The zero-order valence-electron chi connectivity index (χ0n) is 13.8. The molecule has 1 amide bonds. The highest BCUT2D eigenvalue weighted by molar-refractivity contribution is 5.76. The van der Waals surface area contributed by atoms with Gasteiger partial charge in [0.25, 0.3) is 0 Å². The van der Waals surface area contributed by atoms with E-state index in [1.165, 1.54) is 0 Å². The third-order valence-corrected chi connectivity index (χ3v) is 4.48. The largest absolute Gasteiger partial charge is 0.373 e. The molecule has 0 radical (unpaired) electrons. The zero-order valence-corrected chi connectivity index (χ0v) is 13.8. The molecule has 0 saturated carbocycles. The minimum atomic E-state index is 0.301. The van der Waals surface area contributed by atoms with Crippen LogP contribution in [0.1, 0.15) is 39.5 Å². The maximum atomic E-state index is 12.4. The molecule has 2 saturated heterocycles. The Morgan fingerprint density at radius 1 is 1.29 bits per heavy atom. The fourth-order valence-corrected chi connectivity index (χ4v) is 3.65. The van der Waals surface area contributed by atoms with Gasteiger partial charge < -0.3 is 15.0 Å². The number of amides is 1. The maximum Gasteiger partial charge on any atom is 0.222 e. The molecule has 5 nitrogen and oxygen atoms in total. The van der Waals surface area contributed by atoms with Crippen LogP contribution in [-0.2, 0) is 9.53 Å². The molecule has 2 aliphatic rings. The first-order valence-electron chi connectivity index (χ1n) is 8.42. The molecule has 21 heavy (non-hydrogen) atoms. The fourth-order valence-electron chi connectivity index (χ4n) is 3.65. The van der Waals surface area contributed by atoms with E-state index in [0.29, 0.717) is 30.6 Å². The van der Waals surface area contributed by atoms with Crippen molar-refractivity contribution in [2.75, 3.05) is 39.8 Å². The highest BCUT2D eigenvalue weighted by atomic mass is 16.5. The minimum Gasteiger partial charge on any atom is -0.373 e. The van der Waals surface area contributed by atoms with Crippen LogP contribution in [-0.4, -0.2) is 73.7 Å². The molecular weight excluding hydrogens is 266 g/mol. The summed E-state index contributed by atoms with van der Waals surface area (Å²) in [6, 6.07) is 0.407. The van der Waals surface area contributed by atoms with Gasteiger partial charge in [-0.05, 0) is 46.7 Å². The van der Waals surface area contributed by atoms with Gasteiger partial charge in [0.2, 0.25) is 5.91 Å². The third-order valence-electron chi connectivity index (χ3n) is 4.48. The van der Waals surface area contributed by atoms with E-state index in [4.69, 9.17) is 4.74 Å². The second kappa shape index (κ2) is 8.11. The molecule has 122 valence electrons. The molecule has 0 aromatic rings. The normalized spacial score (nSPS) is 30.8. The monoisotopic (exact) mass is 297 g/mol. The quantitative estimate of drug-likeness (QED) is 0.745. The highest BCUT2D eigenvalue weighted by Crippen LogP contribution is 2.21. The number of ether oxygens (including phenoxy) is 1. The van der Waals surface area contributed by atoms with Crippen LogP contribution in [0, 0.1) is 0 Å². The summed E-state index contributed by atoms with van der Waals surface area (Å²) in [7, 11) is 1.93. The van der Waals surface area contributed by atoms with Crippen molar-refractivity contribution in [3.63, 3.8) is 0 Å². The molecule has 5 heteroatoms. The Hall–Kier alpha value is -0.650. The first-order chi connectivity index (χ1) is 10.1. The van der Waals surface area contributed by atoms with Crippen LogP contribution in [0.5, 0.6) is 0 Å². The van der Waals surface area contributed by atoms with Crippen LogP contribution >= 0.6 is 0 Å². The first-order valence-corrected chi connectivity index (χ1v) is 8.42. The summed E-state index contributed by atoms with van der Waals surface area (Å²) in [5.74, 6) is 0.335. The number of rotatable bonds is 6. The number of hydrogen-bond acceptors (Lipinski definition) is 4. The average molecular weight is 297 g/mol. The van der Waals surface area contributed by atoms with Crippen LogP contribution in [0.15, 0.2) is 0 Å². The van der Waals surface area contributed by atoms with Crippen LogP contribution in [0.2, 0.25) is 0 Å². The number of nitrogens with one attached hydrogen (secondary N) is 1. The van der Waals surface area contributed by atoms with Crippen molar-refractivity contribution < 1.29 is 9.53 Å². The lowest BCUT2D eigenvalue weighted by Gasteiger charge is -2.38. The predicted octanol–water partition coefficient (Wildman–Crippen LogP) is 1.09. The summed E-state index contributed by atoms with van der Waals surface area (Å²) in [5, 5.41) is 3.11. The lowest BCUT2D eigenvalue weighted by Crippen LogP contribution is -2.50. The molecule has 2 heterocycles. The predicted molar refractivity (Wildman–Crippen MR) is 84.3 cm³/mol. The van der Waals surface area contributed by atoms with Crippen molar-refractivity contribution in [2.45, 2.75) is 57.8 Å². The van der Waals surface area contributed by atoms with Gasteiger partial charge in [-0.25, -0.2) is 0 Å². The van der Waals surface area contributed by atoms with Crippen molar-refractivity contribution in [1.82, 2.24) is 15.1 Å². The summed E-state index contributed by atoms with van der Waals surface area (Å²) in [6.45, 7) is 9.12. The summed E-state index contributed by atoms with van der Waals surface area (Å²) < 4.78 is 5.79. The summed E-state index contributed by atoms with van der Waals surface area (Å²) >= 11 is 0. The van der Waals surface area contributed by atoms with E-state index in [0.717, 1.165) is 52.0 Å². The molecule has 2 fully saturated rings. The summed E-state index contributed by atoms with van der Waals surface area (Å²) in [6.07, 6.45) is 4.51. The van der Waals surface area contributed by atoms with E-state index in [-0.39, 0.29) is 0 Å². The van der Waals surface area contributed by atoms with Gasteiger partial charge in [-0.1, -0.05) is 0 Å². The number of likely N-dealkylation sites (tertiary alicyclic amines) is 1. The van der Waals surface area contributed by atoms with Crippen molar-refractivity contribution >= 4 is 5.91 Å². The summed E-state index contributed by atoms with van der Waals surface area (Å²) in [4.78, 5) is 17.0. The Labute approximate surface area is 129 Å². The van der Waals surface area contributed by atoms with Crippen LogP contribution in [0.25, 0.3) is 0 Å². The van der Waals surface area contributed by atoms with Crippen molar-refractivity contribution in [2.24, 2.45) is 0 Å². The van der Waals surface area contributed by atoms with Crippen LogP contribution in [0.3, 0.4) is 0 Å². The SMILES string of the molecule is CNCCCC(=O)N1CCC[C@@H]1CN1C[C@@H](C)O[C@@H](C)C1. The Kier molecular flexibility index (Phi) is 6.45. The van der Waals surface area contributed by atoms with Gasteiger partial charge in [0.1, 0.15) is 0 Å². The zero-order chi connectivity index (χ0) is 15.2. The van der Waals surface area contributed by atoms with Crippen molar-refractivity contribution in [3.8, 4) is 0 Å². The maximum absolute atomic E-state index is 12.4. The molecule has 0 aromatic carbocycles. The minimum absolute atomic E-state index is 0.301. The number of nitrogens with zero attached hydrogens (tertiary/aromatic N) is 2. The molecule has 0 aromatic heterocycles. The van der Waals surface area contributed by atoms with E-state index in [1.807, 2.05) is 7.05 Å². The smallest absolute Gasteiger partial charge is 0.222 e. The Morgan fingerprint density at radius 3 is 2.67 bits per heavy atom. The average Bonchev–Trinajstić information content (AvgIpc) is 2.86. The van der Waals surface area contributed by atoms with E-state index < -0.39 is 0 Å². The second-order valence-electron chi connectivity index (χ2n) is 6.57. The van der Waals surface area contributed by atoms with E-state index in [9.17, 15) is 4.79 Å². The highest BCUT2D eigenvalue weighted by Gasteiger charge is 2.31. The van der Waals surface area contributed by atoms with Crippen LogP contribution in [0.4, 0.5) is 0 Å². The van der Waals surface area contributed by atoms with Gasteiger partial charge in [-0.2, -0.15) is 0 Å². The first kappa shape index (κ1) is 16.7. The molecule has 0 unspecified atom stereocenters. The lowest BCUT2D eigenvalue weighted by atomic mass is 10.1. The lowest BCUT2D eigenvalue weighted by molar-refractivity contribution is -0.133. The van der Waals surface area contributed by atoms with E-state index >= 15 is 0 Å². The number of hydrogen-bond donors (Lipinski definition) is 1. The Balaban J connectivity index is 1.82. The molecule has 0 spiro atoms. The molecule has 0 aliphatic carbocycles. The molecule has 0 bridgehead atoms. The van der Waals surface area contributed by atoms with Crippen LogP contribution < -0.4 is 5.32 Å². The second-order valence-corrected chi connectivity index (χ2v) is 6.57. The van der Waals surface area contributed by atoms with Gasteiger partial charge >= 0.3 is 0 Å². The fraction of sp³-hybridized carbons (Fsp3) is 0.938. The van der Waals surface area contributed by atoms with E-state index in [1.54, 1.807) is 0 Å². The Morgan fingerprint density at radius 2 is 2.00 bits per heavy atom. The van der Waals surface area contributed by atoms with Gasteiger partial charge in [0, 0.05) is 38.6 Å². The molecule has 3 atom stereocenters. The van der Waals surface area contributed by atoms with Gasteiger partial charge in [0.05, 0.1) is 12.2 Å². The standard InChI is InChI=1S/C16H31N3O2/c1-13-10-18(11-14(2)21-13)12-15-6-5-9-19(15)16(20)7-4-8-17-3/h13-15,17H,4-12H2,1-3H3/t13-,14+,15-/m1/s1.